The van der Waals surface area contributed by atoms with E-state index in [1.54, 1.807) is 6.26 Å². The van der Waals surface area contributed by atoms with Crippen molar-refractivity contribution in [3.8, 4) is 0 Å². The van der Waals surface area contributed by atoms with Crippen LogP contribution in [0.25, 0.3) is 0 Å². The Hall–Kier alpha value is -0.500. The predicted octanol–water partition coefficient (Wildman–Crippen LogP) is 1.45. The van der Waals surface area contributed by atoms with Gasteiger partial charge in [0.25, 0.3) is 0 Å². The molecule has 0 atom stereocenters. The average molecular weight is 154 g/mol. The minimum atomic E-state index is -0.490. The quantitative estimate of drug-likeness (QED) is 0.619. The average Bonchev–Trinajstić information content (AvgIpc) is 2.34. The standard InChI is InChI=1S/C9H14O2/c1-7-4-9(10,5-7)8-2-3-11-6-8/h6-7,10H,2-5H2,1H3. The van der Waals surface area contributed by atoms with E-state index in [-0.39, 0.29) is 0 Å². The Morgan fingerprint density at radius 3 is 2.82 bits per heavy atom. The molecule has 0 saturated heterocycles. The van der Waals surface area contributed by atoms with Gasteiger partial charge in [-0.25, -0.2) is 0 Å². The third-order valence-electron chi connectivity index (χ3n) is 2.68. The molecule has 0 aromatic carbocycles. The van der Waals surface area contributed by atoms with Gasteiger partial charge in [0.05, 0.1) is 18.5 Å². The van der Waals surface area contributed by atoms with Gasteiger partial charge in [0.15, 0.2) is 0 Å². The topological polar surface area (TPSA) is 29.5 Å². The summed E-state index contributed by atoms with van der Waals surface area (Å²) in [6.45, 7) is 2.93. The van der Waals surface area contributed by atoms with Gasteiger partial charge < -0.3 is 9.84 Å². The molecule has 1 heterocycles. The molecule has 2 rings (SSSR count). The smallest absolute Gasteiger partial charge is 0.0912 e. The maximum atomic E-state index is 9.93. The van der Waals surface area contributed by atoms with Crippen LogP contribution in [0.2, 0.25) is 0 Å². The lowest BCUT2D eigenvalue weighted by Crippen LogP contribution is -2.43. The third kappa shape index (κ3) is 1.06. The molecule has 62 valence electrons. The van der Waals surface area contributed by atoms with Gasteiger partial charge in [-0.15, -0.1) is 0 Å². The van der Waals surface area contributed by atoms with Crippen molar-refractivity contribution in [3.63, 3.8) is 0 Å². The summed E-state index contributed by atoms with van der Waals surface area (Å²) < 4.78 is 5.09. The van der Waals surface area contributed by atoms with Crippen molar-refractivity contribution in [2.24, 2.45) is 5.92 Å². The molecule has 1 fully saturated rings. The van der Waals surface area contributed by atoms with Gasteiger partial charge in [-0.05, 0) is 24.3 Å². The monoisotopic (exact) mass is 154 g/mol. The van der Waals surface area contributed by atoms with Gasteiger partial charge in [-0.2, -0.15) is 0 Å². The first kappa shape index (κ1) is 7.17. The molecule has 2 heteroatoms. The predicted molar refractivity (Wildman–Crippen MR) is 42.0 cm³/mol. The summed E-state index contributed by atoms with van der Waals surface area (Å²) in [6.07, 6.45) is 4.50. The second kappa shape index (κ2) is 2.24. The van der Waals surface area contributed by atoms with E-state index in [9.17, 15) is 5.11 Å². The largest absolute Gasteiger partial charge is 0.501 e. The first-order valence-corrected chi connectivity index (χ1v) is 4.24. The maximum Gasteiger partial charge on any atom is 0.0912 e. The molecule has 2 nitrogen and oxygen atoms in total. The van der Waals surface area contributed by atoms with E-state index in [1.165, 1.54) is 0 Å². The lowest BCUT2D eigenvalue weighted by molar-refractivity contribution is -0.0359. The van der Waals surface area contributed by atoms with Crippen LogP contribution >= 0.6 is 0 Å². The van der Waals surface area contributed by atoms with Crippen LogP contribution in [0.15, 0.2) is 11.8 Å². The molecule has 0 aromatic heterocycles. The Bertz CT molecular complexity index is 190. The van der Waals surface area contributed by atoms with Gasteiger partial charge >= 0.3 is 0 Å². The molecule has 1 aliphatic carbocycles. The maximum absolute atomic E-state index is 9.93. The third-order valence-corrected chi connectivity index (χ3v) is 2.68. The highest BCUT2D eigenvalue weighted by Gasteiger charge is 2.43. The zero-order valence-corrected chi connectivity index (χ0v) is 6.84. The highest BCUT2D eigenvalue weighted by Crippen LogP contribution is 2.44. The summed E-state index contributed by atoms with van der Waals surface area (Å²) in [5.41, 5.74) is 0.617. The summed E-state index contributed by atoms with van der Waals surface area (Å²) in [5, 5.41) is 9.93. The van der Waals surface area contributed by atoms with Crippen LogP contribution < -0.4 is 0 Å². The van der Waals surface area contributed by atoms with Crippen molar-refractivity contribution in [2.45, 2.75) is 31.8 Å². The first-order chi connectivity index (χ1) is 5.21. The van der Waals surface area contributed by atoms with E-state index in [4.69, 9.17) is 4.74 Å². The highest BCUT2D eigenvalue weighted by molar-refractivity contribution is 5.21. The Balaban J connectivity index is 2.04. The van der Waals surface area contributed by atoms with E-state index in [1.807, 2.05) is 0 Å². The molecular weight excluding hydrogens is 140 g/mol. The second-order valence-corrected chi connectivity index (χ2v) is 3.81. The summed E-state index contributed by atoms with van der Waals surface area (Å²) in [6, 6.07) is 0. The lowest BCUT2D eigenvalue weighted by Gasteiger charge is -2.42. The number of ether oxygens (including phenoxy) is 1. The van der Waals surface area contributed by atoms with Crippen molar-refractivity contribution in [3.05, 3.63) is 11.8 Å². The lowest BCUT2D eigenvalue weighted by atomic mass is 9.68. The van der Waals surface area contributed by atoms with Crippen molar-refractivity contribution >= 4 is 0 Å². The van der Waals surface area contributed by atoms with Gasteiger partial charge in [0.1, 0.15) is 0 Å². The fraction of sp³-hybridized carbons (Fsp3) is 0.778. The molecule has 0 amide bonds. The highest BCUT2D eigenvalue weighted by atomic mass is 16.5. The number of rotatable bonds is 1. The van der Waals surface area contributed by atoms with Gasteiger partial charge in [0, 0.05) is 6.42 Å². The van der Waals surface area contributed by atoms with Crippen LogP contribution in [0.3, 0.4) is 0 Å². The molecule has 0 unspecified atom stereocenters. The minimum Gasteiger partial charge on any atom is -0.501 e. The summed E-state index contributed by atoms with van der Waals surface area (Å²) >= 11 is 0. The van der Waals surface area contributed by atoms with E-state index >= 15 is 0 Å². The summed E-state index contributed by atoms with van der Waals surface area (Å²) in [4.78, 5) is 0. The van der Waals surface area contributed by atoms with E-state index < -0.39 is 5.60 Å². The molecule has 1 N–H and O–H groups in total. The SMILES string of the molecule is CC1CC(O)(C2=COCC2)C1. The van der Waals surface area contributed by atoms with Crippen molar-refractivity contribution in [1.82, 2.24) is 0 Å². The minimum absolute atomic E-state index is 0.490. The zero-order chi connectivity index (χ0) is 7.90. The van der Waals surface area contributed by atoms with E-state index in [2.05, 4.69) is 6.92 Å². The van der Waals surface area contributed by atoms with Gasteiger partial charge in [0.2, 0.25) is 0 Å². The summed E-state index contributed by atoms with van der Waals surface area (Å²) in [7, 11) is 0. The Morgan fingerprint density at radius 2 is 2.36 bits per heavy atom. The molecule has 11 heavy (non-hydrogen) atoms. The summed E-state index contributed by atoms with van der Waals surface area (Å²) in [5.74, 6) is 0.682. The second-order valence-electron chi connectivity index (χ2n) is 3.81. The molecule has 1 aliphatic heterocycles. The van der Waals surface area contributed by atoms with Gasteiger partial charge in [-0.3, -0.25) is 0 Å². The molecule has 0 aromatic rings. The molecular formula is C9H14O2. The molecule has 2 aliphatic rings. The van der Waals surface area contributed by atoms with Crippen LogP contribution in [-0.4, -0.2) is 17.3 Å². The van der Waals surface area contributed by atoms with Crippen molar-refractivity contribution in [2.75, 3.05) is 6.61 Å². The first-order valence-electron chi connectivity index (χ1n) is 4.24. The van der Waals surface area contributed by atoms with Crippen molar-refractivity contribution in [1.29, 1.82) is 0 Å². The molecule has 1 saturated carbocycles. The Morgan fingerprint density at radius 1 is 1.64 bits per heavy atom. The van der Waals surface area contributed by atoms with Crippen molar-refractivity contribution < 1.29 is 9.84 Å². The Kier molecular flexibility index (Phi) is 1.46. The fourth-order valence-electron chi connectivity index (χ4n) is 2.09. The number of hydrogen-bond donors (Lipinski definition) is 1. The fourth-order valence-corrected chi connectivity index (χ4v) is 2.09. The van der Waals surface area contributed by atoms with Gasteiger partial charge in [-0.1, -0.05) is 6.92 Å². The van der Waals surface area contributed by atoms with Crippen LogP contribution in [0, 0.1) is 5.92 Å². The van der Waals surface area contributed by atoms with Crippen LogP contribution in [0.1, 0.15) is 26.2 Å². The van der Waals surface area contributed by atoms with E-state index in [0.717, 1.165) is 31.4 Å². The van der Waals surface area contributed by atoms with Crippen LogP contribution in [-0.2, 0) is 4.74 Å². The normalized spacial score (nSPS) is 42.7. The molecule has 0 radical (unpaired) electrons. The van der Waals surface area contributed by atoms with Crippen LogP contribution in [0.4, 0.5) is 0 Å². The molecule has 0 spiro atoms. The molecule has 0 bridgehead atoms. The van der Waals surface area contributed by atoms with Crippen LogP contribution in [0.5, 0.6) is 0 Å². The zero-order valence-electron chi connectivity index (χ0n) is 6.84. The van der Waals surface area contributed by atoms with E-state index in [0.29, 0.717) is 5.92 Å². The number of hydrogen-bond acceptors (Lipinski definition) is 2. The Labute approximate surface area is 66.9 Å². The number of aliphatic hydroxyl groups is 1.